The topological polar surface area (TPSA) is 84.4 Å². The molecule has 1 saturated heterocycles. The Kier molecular flexibility index (Phi) is 5.95. The summed E-state index contributed by atoms with van der Waals surface area (Å²) in [5.41, 5.74) is 0. The first-order valence-electron chi connectivity index (χ1n) is 8.35. The molecule has 26 heavy (non-hydrogen) atoms. The minimum atomic E-state index is -3.69. The maximum absolute atomic E-state index is 12.6. The van der Waals surface area contributed by atoms with Crippen LogP contribution in [0.15, 0.2) is 41.6 Å². The van der Waals surface area contributed by atoms with E-state index >= 15 is 0 Å². The number of piperidine rings is 1. The molecule has 1 fully saturated rings. The lowest BCUT2D eigenvalue weighted by atomic mass is 9.97. The highest BCUT2D eigenvalue weighted by Gasteiger charge is 2.24. The molecule has 9 heteroatoms. The molecule has 0 spiro atoms. The number of benzene rings is 1. The van der Waals surface area contributed by atoms with E-state index in [-0.39, 0.29) is 16.6 Å². The summed E-state index contributed by atoms with van der Waals surface area (Å²) in [5.74, 6) is 1.25. The second-order valence-electron chi connectivity index (χ2n) is 6.13. The molecule has 140 valence electrons. The summed E-state index contributed by atoms with van der Waals surface area (Å²) in [5, 5.41) is 0.349. The molecular formula is C17H21ClN4O3S. The van der Waals surface area contributed by atoms with Crippen molar-refractivity contribution in [3.05, 3.63) is 41.7 Å². The van der Waals surface area contributed by atoms with Gasteiger partial charge in [-0.25, -0.2) is 23.1 Å². The quantitative estimate of drug-likeness (QED) is 0.806. The maximum Gasteiger partial charge on any atom is 0.244 e. The third kappa shape index (κ3) is 4.44. The number of sulfonamides is 1. The van der Waals surface area contributed by atoms with Crippen molar-refractivity contribution in [3.8, 4) is 5.75 Å². The van der Waals surface area contributed by atoms with Gasteiger partial charge >= 0.3 is 0 Å². The van der Waals surface area contributed by atoms with Crippen molar-refractivity contribution in [2.24, 2.45) is 5.92 Å². The lowest BCUT2D eigenvalue weighted by molar-refractivity contribution is 0.394. The van der Waals surface area contributed by atoms with Gasteiger partial charge in [0.2, 0.25) is 16.0 Å². The van der Waals surface area contributed by atoms with Crippen molar-refractivity contribution in [2.75, 3.05) is 31.6 Å². The Hall–Kier alpha value is -1.90. The smallest absolute Gasteiger partial charge is 0.244 e. The van der Waals surface area contributed by atoms with E-state index in [0.29, 0.717) is 11.6 Å². The molecule has 0 saturated carbocycles. The Labute approximate surface area is 158 Å². The fourth-order valence-electron chi connectivity index (χ4n) is 2.96. The van der Waals surface area contributed by atoms with Gasteiger partial charge in [-0.15, -0.1) is 0 Å². The minimum absolute atomic E-state index is 0.0580. The predicted molar refractivity (Wildman–Crippen MR) is 100 cm³/mol. The molecule has 0 aliphatic carbocycles. The van der Waals surface area contributed by atoms with Gasteiger partial charge in [0.15, 0.2) is 0 Å². The number of rotatable bonds is 6. The summed E-state index contributed by atoms with van der Waals surface area (Å²) in [6.45, 7) is 1.98. The van der Waals surface area contributed by atoms with Gasteiger partial charge in [0.25, 0.3) is 0 Å². The fraction of sp³-hybridized carbons (Fsp3) is 0.412. The fourth-order valence-corrected chi connectivity index (χ4v) is 4.50. The van der Waals surface area contributed by atoms with Crippen LogP contribution in [0.3, 0.4) is 0 Å². The number of halogens is 1. The number of hydrogen-bond acceptors (Lipinski definition) is 6. The third-order valence-electron chi connectivity index (χ3n) is 4.43. The number of nitrogens with zero attached hydrogens (tertiary/aromatic N) is 3. The Morgan fingerprint density at radius 1 is 1.27 bits per heavy atom. The van der Waals surface area contributed by atoms with Gasteiger partial charge in [0.05, 0.1) is 7.11 Å². The van der Waals surface area contributed by atoms with E-state index in [9.17, 15) is 8.42 Å². The first-order chi connectivity index (χ1) is 12.5. The monoisotopic (exact) mass is 396 g/mol. The van der Waals surface area contributed by atoms with E-state index < -0.39 is 10.0 Å². The van der Waals surface area contributed by atoms with Crippen molar-refractivity contribution in [2.45, 2.75) is 17.7 Å². The zero-order valence-electron chi connectivity index (χ0n) is 14.4. The molecule has 3 rings (SSSR count). The van der Waals surface area contributed by atoms with Crippen LogP contribution in [0, 0.1) is 5.92 Å². The van der Waals surface area contributed by atoms with E-state index in [1.54, 1.807) is 30.6 Å². The second kappa shape index (κ2) is 8.20. The van der Waals surface area contributed by atoms with Gasteiger partial charge < -0.3 is 9.64 Å². The van der Waals surface area contributed by atoms with Gasteiger partial charge in [-0.2, -0.15) is 0 Å². The molecule has 1 aliphatic rings. The molecule has 2 aromatic rings. The Morgan fingerprint density at radius 3 is 2.62 bits per heavy atom. The van der Waals surface area contributed by atoms with Gasteiger partial charge in [0, 0.05) is 37.1 Å². The van der Waals surface area contributed by atoms with Crippen LogP contribution in [-0.4, -0.2) is 45.1 Å². The van der Waals surface area contributed by atoms with Crippen molar-refractivity contribution >= 4 is 27.6 Å². The average Bonchev–Trinajstić information content (AvgIpc) is 2.67. The molecule has 0 amide bonds. The van der Waals surface area contributed by atoms with E-state index in [1.807, 2.05) is 0 Å². The van der Waals surface area contributed by atoms with Crippen molar-refractivity contribution in [3.63, 3.8) is 0 Å². The zero-order chi connectivity index (χ0) is 18.6. The summed E-state index contributed by atoms with van der Waals surface area (Å²) < 4.78 is 33.1. The van der Waals surface area contributed by atoms with Crippen molar-refractivity contribution in [1.82, 2.24) is 14.7 Å². The van der Waals surface area contributed by atoms with Gasteiger partial charge in [0.1, 0.15) is 10.6 Å². The maximum atomic E-state index is 12.6. The SMILES string of the molecule is COc1ccc(Cl)cc1S(=O)(=O)NCC1CCN(c2ncccn2)CC1. The van der Waals surface area contributed by atoms with Gasteiger partial charge in [-0.3, -0.25) is 0 Å². The van der Waals surface area contributed by atoms with Crippen LogP contribution in [0.4, 0.5) is 5.95 Å². The largest absolute Gasteiger partial charge is 0.495 e. The lowest BCUT2D eigenvalue weighted by Gasteiger charge is -2.31. The van der Waals surface area contributed by atoms with Gasteiger partial charge in [-0.1, -0.05) is 11.6 Å². The van der Waals surface area contributed by atoms with Crippen LogP contribution < -0.4 is 14.4 Å². The Morgan fingerprint density at radius 2 is 1.96 bits per heavy atom. The van der Waals surface area contributed by atoms with Crippen LogP contribution in [0.5, 0.6) is 5.75 Å². The first-order valence-corrected chi connectivity index (χ1v) is 10.2. The number of aromatic nitrogens is 2. The third-order valence-corrected chi connectivity index (χ3v) is 6.11. The van der Waals surface area contributed by atoms with E-state index in [1.165, 1.54) is 13.2 Å². The summed E-state index contributed by atoms with van der Waals surface area (Å²) in [7, 11) is -2.25. The molecule has 0 bridgehead atoms. The number of hydrogen-bond donors (Lipinski definition) is 1. The van der Waals surface area contributed by atoms with Crippen LogP contribution in [0.25, 0.3) is 0 Å². The molecule has 1 aromatic heterocycles. The molecule has 7 nitrogen and oxygen atoms in total. The first kappa shape index (κ1) is 18.9. The molecule has 0 unspecified atom stereocenters. The molecule has 1 N–H and O–H groups in total. The summed E-state index contributed by atoms with van der Waals surface area (Å²) in [6, 6.07) is 6.34. The zero-order valence-corrected chi connectivity index (χ0v) is 16.0. The van der Waals surface area contributed by atoms with Crippen LogP contribution >= 0.6 is 11.6 Å². The van der Waals surface area contributed by atoms with Gasteiger partial charge in [-0.05, 0) is 43.0 Å². The molecule has 1 aliphatic heterocycles. The summed E-state index contributed by atoms with van der Waals surface area (Å²) in [4.78, 5) is 10.7. The van der Waals surface area contributed by atoms with E-state index in [4.69, 9.17) is 16.3 Å². The average molecular weight is 397 g/mol. The van der Waals surface area contributed by atoms with Crippen molar-refractivity contribution < 1.29 is 13.2 Å². The van der Waals surface area contributed by atoms with Crippen LogP contribution in [0.2, 0.25) is 5.02 Å². The van der Waals surface area contributed by atoms with Crippen LogP contribution in [0.1, 0.15) is 12.8 Å². The summed E-state index contributed by atoms with van der Waals surface area (Å²) in [6.07, 6.45) is 5.18. The molecule has 0 radical (unpaired) electrons. The minimum Gasteiger partial charge on any atom is -0.495 e. The molecule has 1 aromatic carbocycles. The van der Waals surface area contributed by atoms with Crippen molar-refractivity contribution in [1.29, 1.82) is 0 Å². The number of ether oxygens (including phenoxy) is 1. The lowest BCUT2D eigenvalue weighted by Crippen LogP contribution is -2.39. The standard InChI is InChI=1S/C17H21ClN4O3S/c1-25-15-4-3-14(18)11-16(15)26(23,24)21-12-13-5-9-22(10-6-13)17-19-7-2-8-20-17/h2-4,7-8,11,13,21H,5-6,9-10,12H2,1H3. The molecular weight excluding hydrogens is 376 g/mol. The highest BCUT2D eigenvalue weighted by molar-refractivity contribution is 7.89. The Bertz CT molecular complexity index is 840. The highest BCUT2D eigenvalue weighted by Crippen LogP contribution is 2.27. The highest BCUT2D eigenvalue weighted by atomic mass is 35.5. The normalized spacial score (nSPS) is 15.8. The van der Waals surface area contributed by atoms with E-state index in [2.05, 4.69) is 19.6 Å². The van der Waals surface area contributed by atoms with Crippen LogP contribution in [-0.2, 0) is 10.0 Å². The Balaban J connectivity index is 1.59. The number of nitrogens with one attached hydrogen (secondary N) is 1. The molecule has 2 heterocycles. The van der Waals surface area contributed by atoms with E-state index in [0.717, 1.165) is 31.9 Å². The number of methoxy groups -OCH3 is 1. The number of anilines is 1. The predicted octanol–water partition coefficient (Wildman–Crippen LogP) is 2.33. The second-order valence-corrected chi connectivity index (χ2v) is 8.30. The summed E-state index contributed by atoms with van der Waals surface area (Å²) >= 11 is 5.94. The molecule has 0 atom stereocenters.